The van der Waals surface area contributed by atoms with Crippen molar-refractivity contribution in [3.8, 4) is 11.6 Å². The molecule has 0 aliphatic heterocycles. The standard InChI is InChI=1S/C20H23N5O2/c1-15-11-16(5-6-17(15)27-2)12-20(26)22-8-7-21-18-13-19(24-14-23-18)25-9-3-4-10-25/h3-6,9-11,13-14H,7-8,12H2,1-2H3,(H,22,26)(H,21,23,24). The van der Waals surface area contributed by atoms with Crippen LogP contribution < -0.4 is 15.4 Å². The zero-order valence-corrected chi connectivity index (χ0v) is 15.5. The highest BCUT2D eigenvalue weighted by molar-refractivity contribution is 5.78. The maximum Gasteiger partial charge on any atom is 0.224 e. The molecule has 7 heteroatoms. The van der Waals surface area contributed by atoms with Crippen LogP contribution in [-0.4, -0.2) is 40.6 Å². The second-order valence-electron chi connectivity index (χ2n) is 6.11. The van der Waals surface area contributed by atoms with Crippen molar-refractivity contribution in [3.63, 3.8) is 0 Å². The average molecular weight is 365 g/mol. The van der Waals surface area contributed by atoms with E-state index < -0.39 is 0 Å². The highest BCUT2D eigenvalue weighted by Crippen LogP contribution is 2.18. The highest BCUT2D eigenvalue weighted by Gasteiger charge is 2.06. The lowest BCUT2D eigenvalue weighted by Gasteiger charge is -2.10. The number of nitrogens with one attached hydrogen (secondary N) is 2. The van der Waals surface area contributed by atoms with Gasteiger partial charge in [0.2, 0.25) is 5.91 Å². The van der Waals surface area contributed by atoms with Crippen molar-refractivity contribution in [2.75, 3.05) is 25.5 Å². The van der Waals surface area contributed by atoms with Gasteiger partial charge in [-0.3, -0.25) is 4.79 Å². The lowest BCUT2D eigenvalue weighted by molar-refractivity contribution is -0.120. The van der Waals surface area contributed by atoms with Crippen LogP contribution in [0.2, 0.25) is 0 Å². The molecule has 27 heavy (non-hydrogen) atoms. The first kappa shape index (κ1) is 18.4. The van der Waals surface area contributed by atoms with Gasteiger partial charge in [0.25, 0.3) is 0 Å². The Morgan fingerprint density at radius 3 is 2.70 bits per heavy atom. The van der Waals surface area contributed by atoms with Gasteiger partial charge in [-0.1, -0.05) is 12.1 Å². The molecule has 0 radical (unpaired) electrons. The Labute approximate surface area is 158 Å². The fraction of sp³-hybridized carbons (Fsp3) is 0.250. The predicted octanol–water partition coefficient (Wildman–Crippen LogP) is 2.36. The molecule has 0 unspecified atom stereocenters. The largest absolute Gasteiger partial charge is 0.496 e. The fourth-order valence-corrected chi connectivity index (χ4v) is 2.76. The number of nitrogens with zero attached hydrogens (tertiary/aromatic N) is 3. The smallest absolute Gasteiger partial charge is 0.224 e. The van der Waals surface area contributed by atoms with Gasteiger partial charge in [-0.05, 0) is 36.2 Å². The van der Waals surface area contributed by atoms with Crippen LogP contribution in [0.1, 0.15) is 11.1 Å². The fourth-order valence-electron chi connectivity index (χ4n) is 2.76. The summed E-state index contributed by atoms with van der Waals surface area (Å²) in [5, 5.41) is 6.11. The van der Waals surface area contributed by atoms with Crippen LogP contribution >= 0.6 is 0 Å². The first-order valence-electron chi connectivity index (χ1n) is 8.75. The minimum Gasteiger partial charge on any atom is -0.496 e. The molecule has 2 N–H and O–H groups in total. The highest BCUT2D eigenvalue weighted by atomic mass is 16.5. The lowest BCUT2D eigenvalue weighted by Crippen LogP contribution is -2.30. The van der Waals surface area contributed by atoms with Gasteiger partial charge in [0, 0.05) is 31.5 Å². The van der Waals surface area contributed by atoms with Crippen molar-refractivity contribution in [2.24, 2.45) is 0 Å². The summed E-state index contributed by atoms with van der Waals surface area (Å²) in [4.78, 5) is 20.5. The first-order valence-corrected chi connectivity index (χ1v) is 8.75. The van der Waals surface area contributed by atoms with E-state index in [2.05, 4.69) is 20.6 Å². The lowest BCUT2D eigenvalue weighted by atomic mass is 10.1. The SMILES string of the molecule is COc1ccc(CC(=O)NCCNc2cc(-n3cccc3)ncn2)cc1C. The van der Waals surface area contributed by atoms with Crippen LogP contribution in [-0.2, 0) is 11.2 Å². The quantitative estimate of drug-likeness (QED) is 0.599. The zero-order valence-electron chi connectivity index (χ0n) is 15.5. The molecule has 0 atom stereocenters. The number of benzene rings is 1. The van der Waals surface area contributed by atoms with E-state index in [1.54, 1.807) is 7.11 Å². The number of amides is 1. The molecule has 1 amide bonds. The van der Waals surface area contributed by atoms with Gasteiger partial charge in [0.05, 0.1) is 13.5 Å². The van der Waals surface area contributed by atoms with Gasteiger partial charge in [0.15, 0.2) is 0 Å². The summed E-state index contributed by atoms with van der Waals surface area (Å²) < 4.78 is 7.15. The molecule has 0 saturated carbocycles. The molecule has 0 bridgehead atoms. The Bertz CT molecular complexity index is 893. The van der Waals surface area contributed by atoms with Crippen molar-refractivity contribution >= 4 is 11.7 Å². The molecule has 7 nitrogen and oxygen atoms in total. The van der Waals surface area contributed by atoms with Crippen LogP contribution in [0.4, 0.5) is 5.82 Å². The molecule has 0 aliphatic rings. The van der Waals surface area contributed by atoms with Crippen molar-refractivity contribution < 1.29 is 9.53 Å². The summed E-state index contributed by atoms with van der Waals surface area (Å²) in [6.07, 6.45) is 5.71. The summed E-state index contributed by atoms with van der Waals surface area (Å²) in [5.41, 5.74) is 1.98. The van der Waals surface area contributed by atoms with E-state index in [9.17, 15) is 4.79 Å². The first-order chi connectivity index (χ1) is 13.2. The predicted molar refractivity (Wildman–Crippen MR) is 104 cm³/mol. The molecule has 0 spiro atoms. The van der Waals surface area contributed by atoms with E-state index >= 15 is 0 Å². The number of carbonyl (C=O) groups excluding carboxylic acids is 1. The Balaban J connectivity index is 1.44. The number of methoxy groups -OCH3 is 1. The van der Waals surface area contributed by atoms with Crippen LogP contribution in [0.3, 0.4) is 0 Å². The summed E-state index contributed by atoms with van der Waals surface area (Å²) in [6.45, 7) is 3.06. The van der Waals surface area contributed by atoms with Gasteiger partial charge in [-0.2, -0.15) is 0 Å². The molecule has 0 aliphatic carbocycles. The third-order valence-corrected chi connectivity index (χ3v) is 4.10. The molecule has 3 aromatic rings. The maximum atomic E-state index is 12.1. The van der Waals surface area contributed by atoms with Gasteiger partial charge >= 0.3 is 0 Å². The zero-order chi connectivity index (χ0) is 19.1. The van der Waals surface area contributed by atoms with Gasteiger partial charge in [-0.15, -0.1) is 0 Å². The van der Waals surface area contributed by atoms with E-state index in [1.165, 1.54) is 6.33 Å². The molecule has 0 fully saturated rings. The number of aryl methyl sites for hydroxylation is 1. The van der Waals surface area contributed by atoms with Crippen LogP contribution in [0.25, 0.3) is 5.82 Å². The Morgan fingerprint density at radius 1 is 1.15 bits per heavy atom. The summed E-state index contributed by atoms with van der Waals surface area (Å²) in [7, 11) is 1.64. The van der Waals surface area contributed by atoms with Crippen molar-refractivity contribution in [3.05, 3.63) is 66.2 Å². The minimum absolute atomic E-state index is 0.0166. The molecule has 2 heterocycles. The molecule has 2 aromatic heterocycles. The summed E-state index contributed by atoms with van der Waals surface area (Å²) >= 11 is 0. The number of hydrogen-bond acceptors (Lipinski definition) is 5. The number of aromatic nitrogens is 3. The van der Waals surface area contributed by atoms with E-state index in [-0.39, 0.29) is 5.91 Å². The number of ether oxygens (including phenoxy) is 1. The van der Waals surface area contributed by atoms with Gasteiger partial charge in [-0.25, -0.2) is 9.97 Å². The number of rotatable bonds is 8. The molecule has 140 valence electrons. The van der Waals surface area contributed by atoms with Gasteiger partial charge in [0.1, 0.15) is 23.7 Å². The Hall–Kier alpha value is -3.35. The topological polar surface area (TPSA) is 81.1 Å². The molecule has 3 rings (SSSR count). The average Bonchev–Trinajstić information content (AvgIpc) is 3.21. The second-order valence-corrected chi connectivity index (χ2v) is 6.11. The van der Waals surface area contributed by atoms with E-state index in [0.717, 1.165) is 22.7 Å². The molecular weight excluding hydrogens is 342 g/mol. The van der Waals surface area contributed by atoms with Crippen molar-refractivity contribution in [2.45, 2.75) is 13.3 Å². The number of carbonyl (C=O) groups is 1. The number of hydrogen-bond donors (Lipinski definition) is 2. The van der Waals surface area contributed by atoms with Crippen molar-refractivity contribution in [1.29, 1.82) is 0 Å². The Morgan fingerprint density at radius 2 is 1.96 bits per heavy atom. The van der Waals surface area contributed by atoms with E-state index in [1.807, 2.05) is 60.3 Å². The third kappa shape index (κ3) is 5.07. The van der Waals surface area contributed by atoms with Crippen LogP contribution in [0.5, 0.6) is 5.75 Å². The summed E-state index contributed by atoms with van der Waals surface area (Å²) in [5.74, 6) is 2.31. The monoisotopic (exact) mass is 365 g/mol. The van der Waals surface area contributed by atoms with Crippen molar-refractivity contribution in [1.82, 2.24) is 19.9 Å². The normalized spacial score (nSPS) is 10.4. The van der Waals surface area contributed by atoms with E-state index in [0.29, 0.717) is 25.3 Å². The van der Waals surface area contributed by atoms with E-state index in [4.69, 9.17) is 4.74 Å². The summed E-state index contributed by atoms with van der Waals surface area (Å²) in [6, 6.07) is 11.5. The third-order valence-electron chi connectivity index (χ3n) is 4.10. The Kier molecular flexibility index (Phi) is 6.04. The maximum absolute atomic E-state index is 12.1. The molecule has 1 aromatic carbocycles. The molecular formula is C20H23N5O2. The number of anilines is 1. The van der Waals surface area contributed by atoms with Gasteiger partial charge < -0.3 is 19.9 Å². The van der Waals surface area contributed by atoms with Crippen LogP contribution in [0, 0.1) is 6.92 Å². The van der Waals surface area contributed by atoms with Crippen LogP contribution in [0.15, 0.2) is 55.1 Å². The second kappa shape index (κ2) is 8.84. The molecule has 0 saturated heterocycles. The minimum atomic E-state index is -0.0166.